The Morgan fingerprint density at radius 1 is 1.33 bits per heavy atom. The molecule has 0 aromatic carbocycles. The maximum atomic E-state index is 8.71. The minimum Gasteiger partial charge on any atom is -0.395 e. The molecule has 0 heterocycles. The first-order chi connectivity index (χ1) is 8.20. The van der Waals surface area contributed by atoms with Gasteiger partial charge in [-0.05, 0) is 19.3 Å². The number of nitrogens with one attached hydrogen (secondary N) is 2. The Kier molecular flexibility index (Phi) is 16.8. The average Bonchev–Trinajstić information content (AvgIpc) is 2.29. The minimum atomic E-state index is 0. The first-order valence-electron chi connectivity index (χ1n) is 6.41. The van der Waals surface area contributed by atoms with Gasteiger partial charge in [0.05, 0.1) is 6.61 Å². The van der Waals surface area contributed by atoms with E-state index in [1.807, 2.05) is 6.92 Å². The molecule has 0 aliphatic carbocycles. The van der Waals surface area contributed by atoms with E-state index in [0.717, 1.165) is 38.7 Å². The highest BCUT2D eigenvalue weighted by Crippen LogP contribution is 1.93. The van der Waals surface area contributed by atoms with Crippen LogP contribution in [0.4, 0.5) is 0 Å². The zero-order valence-corrected chi connectivity index (χ0v) is 14.1. The van der Waals surface area contributed by atoms with Crippen molar-refractivity contribution in [3.63, 3.8) is 0 Å². The summed E-state index contributed by atoms with van der Waals surface area (Å²) in [6, 6.07) is 0. The molecule has 0 spiro atoms. The van der Waals surface area contributed by atoms with E-state index in [0.29, 0.717) is 12.5 Å². The predicted octanol–water partition coefficient (Wildman–Crippen LogP) is 1.21. The van der Waals surface area contributed by atoms with Crippen LogP contribution in [0.2, 0.25) is 0 Å². The van der Waals surface area contributed by atoms with Gasteiger partial charge in [-0.1, -0.05) is 13.8 Å². The van der Waals surface area contributed by atoms with Gasteiger partial charge in [0.1, 0.15) is 0 Å². The van der Waals surface area contributed by atoms with Gasteiger partial charge in [0.15, 0.2) is 5.96 Å². The fraction of sp³-hybridized carbons (Fsp3) is 0.917. The third-order valence-electron chi connectivity index (χ3n) is 1.92. The fourth-order valence-electron chi connectivity index (χ4n) is 1.19. The van der Waals surface area contributed by atoms with E-state index in [9.17, 15) is 0 Å². The van der Waals surface area contributed by atoms with Gasteiger partial charge in [-0.15, -0.1) is 24.0 Å². The van der Waals surface area contributed by atoms with Crippen molar-refractivity contribution in [1.29, 1.82) is 0 Å². The summed E-state index contributed by atoms with van der Waals surface area (Å²) in [5.41, 5.74) is 0. The largest absolute Gasteiger partial charge is 0.395 e. The number of aliphatic hydroxyl groups excluding tert-OH is 1. The normalized spacial score (nSPS) is 11.3. The predicted molar refractivity (Wildman–Crippen MR) is 86.8 cm³/mol. The molecule has 0 aromatic heterocycles. The lowest BCUT2D eigenvalue weighted by atomic mass is 10.2. The van der Waals surface area contributed by atoms with Crippen LogP contribution in [0.15, 0.2) is 4.99 Å². The highest BCUT2D eigenvalue weighted by molar-refractivity contribution is 14.0. The number of aliphatic hydroxyl groups is 1. The Morgan fingerprint density at radius 3 is 2.61 bits per heavy atom. The van der Waals surface area contributed by atoms with Crippen molar-refractivity contribution in [1.82, 2.24) is 10.6 Å². The number of hydrogen-bond acceptors (Lipinski definition) is 3. The van der Waals surface area contributed by atoms with Gasteiger partial charge in [-0.3, -0.25) is 4.99 Å². The van der Waals surface area contributed by atoms with E-state index < -0.39 is 0 Å². The second kappa shape index (κ2) is 15.0. The van der Waals surface area contributed by atoms with Gasteiger partial charge in [0.25, 0.3) is 0 Å². The summed E-state index contributed by atoms with van der Waals surface area (Å²) in [6.07, 6.45) is 0.919. The maximum Gasteiger partial charge on any atom is 0.191 e. The van der Waals surface area contributed by atoms with Crippen molar-refractivity contribution in [2.75, 3.05) is 39.5 Å². The molecule has 5 nitrogen and oxygen atoms in total. The van der Waals surface area contributed by atoms with Crippen LogP contribution >= 0.6 is 24.0 Å². The monoisotopic (exact) mass is 373 g/mol. The van der Waals surface area contributed by atoms with Crippen LogP contribution in [0.25, 0.3) is 0 Å². The van der Waals surface area contributed by atoms with E-state index in [-0.39, 0.29) is 30.6 Å². The zero-order chi connectivity index (χ0) is 12.9. The summed E-state index contributed by atoms with van der Waals surface area (Å²) in [6.45, 7) is 10.0. The molecule has 0 amide bonds. The van der Waals surface area contributed by atoms with E-state index in [1.54, 1.807) is 0 Å². The van der Waals surface area contributed by atoms with Crippen LogP contribution < -0.4 is 10.6 Å². The van der Waals surface area contributed by atoms with E-state index in [2.05, 4.69) is 29.5 Å². The highest BCUT2D eigenvalue weighted by atomic mass is 127. The van der Waals surface area contributed by atoms with Crippen molar-refractivity contribution in [3.05, 3.63) is 0 Å². The third-order valence-corrected chi connectivity index (χ3v) is 1.92. The van der Waals surface area contributed by atoms with Gasteiger partial charge < -0.3 is 20.5 Å². The molecule has 0 aliphatic heterocycles. The maximum absolute atomic E-state index is 8.71. The van der Waals surface area contributed by atoms with Crippen molar-refractivity contribution in [2.24, 2.45) is 10.9 Å². The molecule has 18 heavy (non-hydrogen) atoms. The second-order valence-electron chi connectivity index (χ2n) is 4.23. The van der Waals surface area contributed by atoms with Gasteiger partial charge in [0, 0.05) is 32.8 Å². The zero-order valence-electron chi connectivity index (χ0n) is 11.7. The molecule has 6 heteroatoms. The van der Waals surface area contributed by atoms with Crippen molar-refractivity contribution in [2.45, 2.75) is 27.2 Å². The molecule has 0 rings (SSSR count). The number of aliphatic imine (C=N–C) groups is 1. The fourth-order valence-corrected chi connectivity index (χ4v) is 1.19. The Balaban J connectivity index is 0. The van der Waals surface area contributed by atoms with Crippen LogP contribution in [-0.4, -0.2) is 50.5 Å². The second-order valence-corrected chi connectivity index (χ2v) is 4.23. The molecule has 0 saturated carbocycles. The van der Waals surface area contributed by atoms with E-state index in [4.69, 9.17) is 9.84 Å². The molecule has 3 N–H and O–H groups in total. The number of ether oxygens (including phenoxy) is 1. The molecule has 0 aromatic rings. The first kappa shape index (κ1) is 20.2. The van der Waals surface area contributed by atoms with Crippen LogP contribution in [-0.2, 0) is 4.74 Å². The molecule has 0 saturated heterocycles. The molecule has 0 radical (unpaired) electrons. The molecule has 0 unspecified atom stereocenters. The Hall–Kier alpha value is -0.0800. The number of nitrogens with zero attached hydrogens (tertiary/aromatic N) is 1. The van der Waals surface area contributed by atoms with Gasteiger partial charge in [-0.2, -0.15) is 0 Å². The van der Waals surface area contributed by atoms with E-state index >= 15 is 0 Å². The summed E-state index contributed by atoms with van der Waals surface area (Å²) >= 11 is 0. The number of rotatable bonds is 9. The summed E-state index contributed by atoms with van der Waals surface area (Å²) < 4.78 is 5.47. The Labute approximate surface area is 128 Å². The quantitative estimate of drug-likeness (QED) is 0.246. The lowest BCUT2D eigenvalue weighted by Crippen LogP contribution is -2.38. The number of hydrogen-bond donors (Lipinski definition) is 3. The Morgan fingerprint density at radius 2 is 2.06 bits per heavy atom. The molecular weight excluding hydrogens is 345 g/mol. The number of halogens is 1. The highest BCUT2D eigenvalue weighted by Gasteiger charge is 1.96. The van der Waals surface area contributed by atoms with Crippen molar-refractivity contribution < 1.29 is 9.84 Å². The van der Waals surface area contributed by atoms with Crippen LogP contribution in [0.5, 0.6) is 0 Å². The summed E-state index contributed by atoms with van der Waals surface area (Å²) in [5, 5.41) is 14.9. The lowest BCUT2D eigenvalue weighted by Gasteiger charge is -2.10. The smallest absolute Gasteiger partial charge is 0.191 e. The topological polar surface area (TPSA) is 65.9 Å². The number of guanidine groups is 1. The summed E-state index contributed by atoms with van der Waals surface area (Å²) in [4.78, 5) is 4.37. The van der Waals surface area contributed by atoms with E-state index in [1.165, 1.54) is 0 Å². The molecule has 0 fully saturated rings. The molecule has 0 atom stereocenters. The van der Waals surface area contributed by atoms with Crippen LogP contribution in [0, 0.1) is 5.92 Å². The molecule has 110 valence electrons. The van der Waals surface area contributed by atoms with Gasteiger partial charge in [-0.25, -0.2) is 0 Å². The van der Waals surface area contributed by atoms with Gasteiger partial charge >= 0.3 is 0 Å². The summed E-state index contributed by atoms with van der Waals surface area (Å²) in [7, 11) is 0. The average molecular weight is 373 g/mol. The standard InChI is InChI=1S/C12H27N3O2.HI/c1-4-13-12(15-7-8-16)14-6-5-9-17-10-11(2)3;/h11,16H,4-10H2,1-3H3,(H2,13,14,15);1H. The lowest BCUT2D eigenvalue weighted by molar-refractivity contribution is 0.109. The molecule has 0 aliphatic rings. The van der Waals surface area contributed by atoms with Crippen LogP contribution in [0.3, 0.4) is 0 Å². The van der Waals surface area contributed by atoms with Crippen LogP contribution in [0.1, 0.15) is 27.2 Å². The van der Waals surface area contributed by atoms with Crippen molar-refractivity contribution in [3.8, 4) is 0 Å². The van der Waals surface area contributed by atoms with Gasteiger partial charge in [0.2, 0.25) is 0 Å². The third kappa shape index (κ3) is 14.0. The first-order valence-corrected chi connectivity index (χ1v) is 6.41. The summed E-state index contributed by atoms with van der Waals surface area (Å²) in [5.74, 6) is 1.34. The molecule has 0 bridgehead atoms. The minimum absolute atomic E-state index is 0. The molecular formula is C12H28IN3O2. The van der Waals surface area contributed by atoms with Crippen molar-refractivity contribution >= 4 is 29.9 Å². The Bertz CT molecular complexity index is 202. The SMILES string of the molecule is CCNC(=NCCCOCC(C)C)NCCO.I.